The van der Waals surface area contributed by atoms with E-state index in [1.807, 2.05) is 12.4 Å². The normalized spacial score (nSPS) is 16.4. The molecule has 0 bridgehead atoms. The van der Waals surface area contributed by atoms with Crippen LogP contribution in [0.25, 0.3) is 53.6 Å². The van der Waals surface area contributed by atoms with Crippen LogP contribution in [-0.2, 0) is 6.54 Å². The van der Waals surface area contributed by atoms with Crippen LogP contribution in [0.1, 0.15) is 19.3 Å². The molecule has 7 rings (SSSR count). The van der Waals surface area contributed by atoms with Crippen LogP contribution in [0.3, 0.4) is 0 Å². The summed E-state index contributed by atoms with van der Waals surface area (Å²) < 4.78 is 3.58. The molecule has 1 atom stereocenters. The van der Waals surface area contributed by atoms with Gasteiger partial charge in [-0.2, -0.15) is 5.10 Å². The fourth-order valence-electron chi connectivity index (χ4n) is 5.49. The Hall–Kier alpha value is -3.75. The monoisotopic (exact) mass is 493 g/mol. The van der Waals surface area contributed by atoms with Crippen molar-refractivity contribution >= 4 is 49.3 Å². The minimum atomic E-state index is 0.298. The lowest BCUT2D eigenvalue weighted by molar-refractivity contribution is 0.343. The third-order valence-electron chi connectivity index (χ3n) is 7.37. The van der Waals surface area contributed by atoms with E-state index in [2.05, 4.69) is 78.7 Å². The summed E-state index contributed by atoms with van der Waals surface area (Å²) in [5.74, 6) is 1.00. The lowest BCUT2D eigenvalue weighted by Crippen LogP contribution is -2.30. The van der Waals surface area contributed by atoms with Gasteiger partial charge in [0.1, 0.15) is 5.52 Å². The molecule has 0 aliphatic carbocycles. The summed E-state index contributed by atoms with van der Waals surface area (Å²) in [5, 5.41) is 13.4. The molecule has 5 heterocycles. The van der Waals surface area contributed by atoms with Gasteiger partial charge >= 0.3 is 0 Å². The molecule has 0 spiro atoms. The molecule has 8 heteroatoms. The molecular weight excluding hydrogens is 466 g/mol. The van der Waals surface area contributed by atoms with E-state index in [0.717, 1.165) is 64.7 Å². The minimum Gasteiger partial charge on any atom is -0.368 e. The van der Waals surface area contributed by atoms with Gasteiger partial charge in [-0.25, -0.2) is 9.97 Å². The number of nitrogens with two attached hydrogens (primary N) is 1. The zero-order valence-electron chi connectivity index (χ0n) is 19.9. The molecule has 1 aliphatic heterocycles. The summed E-state index contributed by atoms with van der Waals surface area (Å²) in [6, 6.07) is 15.2. The quantitative estimate of drug-likeness (QED) is 0.281. The molecule has 2 aromatic carbocycles. The highest BCUT2D eigenvalue weighted by Gasteiger charge is 2.19. The van der Waals surface area contributed by atoms with Gasteiger partial charge in [0.25, 0.3) is 0 Å². The van der Waals surface area contributed by atoms with Crippen LogP contribution in [-0.4, -0.2) is 37.8 Å². The lowest BCUT2D eigenvalue weighted by Gasteiger charge is -2.22. The average molecular weight is 494 g/mol. The first-order valence-corrected chi connectivity index (χ1v) is 13.3. The van der Waals surface area contributed by atoms with Crippen LogP contribution in [0.2, 0.25) is 0 Å². The third kappa shape index (κ3) is 3.73. The molecule has 4 N–H and O–H groups in total. The van der Waals surface area contributed by atoms with Crippen LogP contribution in [0.4, 0.5) is 5.95 Å². The van der Waals surface area contributed by atoms with Gasteiger partial charge < -0.3 is 15.6 Å². The van der Waals surface area contributed by atoms with E-state index in [-0.39, 0.29) is 0 Å². The minimum absolute atomic E-state index is 0.298. The van der Waals surface area contributed by atoms with Crippen molar-refractivity contribution in [1.29, 1.82) is 0 Å². The predicted molar refractivity (Wildman–Crippen MR) is 148 cm³/mol. The number of anilines is 1. The zero-order chi connectivity index (χ0) is 24.1. The highest BCUT2D eigenvalue weighted by Crippen LogP contribution is 2.40. The van der Waals surface area contributed by atoms with Crippen molar-refractivity contribution < 1.29 is 0 Å². The first-order valence-electron chi connectivity index (χ1n) is 12.5. The Balaban J connectivity index is 1.35. The van der Waals surface area contributed by atoms with Gasteiger partial charge in [0.2, 0.25) is 5.95 Å². The Morgan fingerprint density at radius 1 is 1.08 bits per heavy atom. The van der Waals surface area contributed by atoms with Crippen molar-refractivity contribution in [3.8, 4) is 21.6 Å². The Labute approximate surface area is 212 Å². The maximum atomic E-state index is 6.06. The number of nitrogens with zero attached hydrogens (tertiary/aromatic N) is 4. The zero-order valence-corrected chi connectivity index (χ0v) is 20.7. The van der Waals surface area contributed by atoms with E-state index in [9.17, 15) is 0 Å². The van der Waals surface area contributed by atoms with Crippen molar-refractivity contribution in [3.63, 3.8) is 0 Å². The van der Waals surface area contributed by atoms with Gasteiger partial charge in [0.05, 0.1) is 23.4 Å². The van der Waals surface area contributed by atoms with Gasteiger partial charge in [0, 0.05) is 38.8 Å². The molecule has 1 unspecified atom stereocenters. The molecule has 1 fully saturated rings. The molecule has 6 aromatic rings. The number of benzene rings is 2. The Kier molecular flexibility index (Phi) is 5.22. The number of fused-ring (bicyclic) bond motifs is 3. The van der Waals surface area contributed by atoms with Crippen molar-refractivity contribution in [3.05, 3.63) is 61.1 Å². The van der Waals surface area contributed by atoms with E-state index >= 15 is 0 Å². The SMILES string of the molecule is Nc1ncc2c(n1)c(-c1cc(-c3cc4ccccc4s3)c3[nH]ncc3c1)cn2CCC1CCCNC1. The number of aromatic amines is 1. The van der Waals surface area contributed by atoms with E-state index < -0.39 is 0 Å². The van der Waals surface area contributed by atoms with E-state index in [1.165, 1.54) is 27.8 Å². The number of rotatable bonds is 5. The summed E-state index contributed by atoms with van der Waals surface area (Å²) in [6.45, 7) is 3.18. The number of hydrogen-bond acceptors (Lipinski definition) is 6. The first-order chi connectivity index (χ1) is 17.7. The molecule has 1 saturated heterocycles. The lowest BCUT2D eigenvalue weighted by atomic mass is 9.96. The highest BCUT2D eigenvalue weighted by atomic mass is 32.1. The van der Waals surface area contributed by atoms with Crippen LogP contribution in [0, 0.1) is 5.92 Å². The molecule has 180 valence electrons. The number of aromatic nitrogens is 5. The smallest absolute Gasteiger partial charge is 0.220 e. The average Bonchev–Trinajstić information content (AvgIpc) is 3.64. The van der Waals surface area contributed by atoms with Crippen LogP contribution in [0.5, 0.6) is 0 Å². The van der Waals surface area contributed by atoms with Gasteiger partial charge in [-0.05, 0) is 73.5 Å². The van der Waals surface area contributed by atoms with Crippen molar-refractivity contribution in [2.24, 2.45) is 5.92 Å². The topological polar surface area (TPSA) is 97.4 Å². The summed E-state index contributed by atoms with van der Waals surface area (Å²) in [4.78, 5) is 10.2. The second-order valence-corrected chi connectivity index (χ2v) is 10.8. The van der Waals surface area contributed by atoms with Crippen LogP contribution < -0.4 is 11.1 Å². The standard InChI is InChI=1S/C28H27N7S/c29-28-31-15-23-27(33-28)22(16-35(23)9-7-17-4-3-8-30-13-17)19-10-20-14-32-34-26(20)21(11-19)25-12-18-5-1-2-6-24(18)36-25/h1-2,5-6,10-12,14-17,30H,3-4,7-9,13H2,(H,32,34)(H2,29,31,33). The number of thiophene rings is 1. The second-order valence-electron chi connectivity index (χ2n) is 9.71. The van der Waals surface area contributed by atoms with Gasteiger partial charge in [0.15, 0.2) is 0 Å². The predicted octanol–water partition coefficient (Wildman–Crippen LogP) is 5.83. The van der Waals surface area contributed by atoms with Crippen molar-refractivity contribution in [2.75, 3.05) is 18.8 Å². The van der Waals surface area contributed by atoms with E-state index in [0.29, 0.717) is 11.9 Å². The largest absolute Gasteiger partial charge is 0.368 e. The molecule has 0 amide bonds. The molecule has 36 heavy (non-hydrogen) atoms. The molecule has 0 saturated carbocycles. The maximum absolute atomic E-state index is 6.06. The number of hydrogen-bond donors (Lipinski definition) is 3. The van der Waals surface area contributed by atoms with E-state index in [1.54, 1.807) is 11.3 Å². The second kappa shape index (κ2) is 8.72. The van der Waals surface area contributed by atoms with Gasteiger partial charge in [-0.3, -0.25) is 5.10 Å². The van der Waals surface area contributed by atoms with Crippen LogP contribution >= 0.6 is 11.3 Å². The third-order valence-corrected chi connectivity index (χ3v) is 8.51. The van der Waals surface area contributed by atoms with Gasteiger partial charge in [-0.1, -0.05) is 18.2 Å². The molecular formula is C28H27N7S. The first kappa shape index (κ1) is 21.5. The maximum Gasteiger partial charge on any atom is 0.220 e. The Morgan fingerprint density at radius 3 is 2.92 bits per heavy atom. The molecule has 7 nitrogen and oxygen atoms in total. The van der Waals surface area contributed by atoms with Crippen molar-refractivity contribution in [1.82, 2.24) is 30.0 Å². The summed E-state index contributed by atoms with van der Waals surface area (Å²) in [7, 11) is 0. The number of aryl methyl sites for hydroxylation is 1. The summed E-state index contributed by atoms with van der Waals surface area (Å²) in [5.41, 5.74) is 12.4. The van der Waals surface area contributed by atoms with Crippen LogP contribution in [0.15, 0.2) is 61.1 Å². The number of nitrogen functional groups attached to an aromatic ring is 1. The number of nitrogens with one attached hydrogen (secondary N) is 2. The fraction of sp³-hybridized carbons (Fsp3) is 0.250. The van der Waals surface area contributed by atoms with Crippen molar-refractivity contribution in [2.45, 2.75) is 25.8 Å². The number of piperidine rings is 1. The Bertz CT molecular complexity index is 1670. The Morgan fingerprint density at radius 2 is 2.03 bits per heavy atom. The van der Waals surface area contributed by atoms with E-state index in [4.69, 9.17) is 5.73 Å². The number of H-pyrrole nitrogens is 1. The van der Waals surface area contributed by atoms with Gasteiger partial charge in [-0.15, -0.1) is 11.3 Å². The summed E-state index contributed by atoms with van der Waals surface area (Å²) >= 11 is 1.80. The molecule has 4 aromatic heterocycles. The highest BCUT2D eigenvalue weighted by molar-refractivity contribution is 7.22. The molecule has 1 aliphatic rings. The summed E-state index contributed by atoms with van der Waals surface area (Å²) in [6.07, 6.45) is 9.67. The molecule has 0 radical (unpaired) electrons. The fourth-order valence-corrected chi connectivity index (χ4v) is 6.58.